The van der Waals surface area contributed by atoms with Crippen LogP contribution in [0.5, 0.6) is 0 Å². The van der Waals surface area contributed by atoms with Gasteiger partial charge in [-0.25, -0.2) is 12.8 Å². The van der Waals surface area contributed by atoms with E-state index in [4.69, 9.17) is 4.74 Å². The predicted molar refractivity (Wildman–Crippen MR) is 69.0 cm³/mol. The van der Waals surface area contributed by atoms with Crippen molar-refractivity contribution in [2.75, 3.05) is 19.7 Å². The van der Waals surface area contributed by atoms with Crippen LogP contribution in [0.25, 0.3) is 0 Å². The second-order valence-corrected chi connectivity index (χ2v) is 7.26. The second-order valence-electron chi connectivity index (χ2n) is 5.32. The lowest BCUT2D eigenvalue weighted by Gasteiger charge is -2.41. The van der Waals surface area contributed by atoms with Crippen molar-refractivity contribution in [2.45, 2.75) is 30.4 Å². The lowest BCUT2D eigenvalue weighted by Crippen LogP contribution is -2.55. The number of aliphatic hydroxyl groups is 1. The molecule has 8 heteroatoms. The number of aromatic nitrogens is 1. The molecule has 6 nitrogen and oxygen atoms in total. The molecule has 0 spiro atoms. The van der Waals surface area contributed by atoms with E-state index in [2.05, 4.69) is 4.98 Å². The highest BCUT2D eigenvalue weighted by Crippen LogP contribution is 2.26. The van der Waals surface area contributed by atoms with Gasteiger partial charge in [0.15, 0.2) is 0 Å². The molecule has 0 amide bonds. The molecular formula is C12H17FN2O4S. The van der Waals surface area contributed by atoms with Crippen LogP contribution in [0, 0.1) is 5.82 Å². The van der Waals surface area contributed by atoms with Crippen LogP contribution >= 0.6 is 0 Å². The normalized spacial score (nSPS) is 23.7. The number of hydrogen-bond acceptors (Lipinski definition) is 5. The number of rotatable bonds is 3. The van der Waals surface area contributed by atoms with E-state index in [1.54, 1.807) is 13.8 Å². The van der Waals surface area contributed by atoms with Gasteiger partial charge in [-0.05, 0) is 19.9 Å². The van der Waals surface area contributed by atoms with Gasteiger partial charge in [0.2, 0.25) is 10.0 Å². The van der Waals surface area contributed by atoms with E-state index in [0.717, 1.165) is 18.5 Å². The highest BCUT2D eigenvalue weighted by atomic mass is 32.2. The van der Waals surface area contributed by atoms with Gasteiger partial charge in [0, 0.05) is 19.3 Å². The van der Waals surface area contributed by atoms with Gasteiger partial charge in [-0.2, -0.15) is 4.31 Å². The van der Waals surface area contributed by atoms with E-state index in [-0.39, 0.29) is 24.6 Å². The smallest absolute Gasteiger partial charge is 0.244 e. The molecule has 112 valence electrons. The molecule has 2 rings (SSSR count). The fraction of sp³-hybridized carbons (Fsp3) is 0.583. The number of aliphatic hydroxyl groups excluding tert-OH is 1. The van der Waals surface area contributed by atoms with Crippen molar-refractivity contribution in [2.24, 2.45) is 0 Å². The van der Waals surface area contributed by atoms with Crippen molar-refractivity contribution in [1.82, 2.24) is 9.29 Å². The summed E-state index contributed by atoms with van der Waals surface area (Å²) in [5, 5.41) is 9.20. The van der Waals surface area contributed by atoms with Crippen LogP contribution in [0.3, 0.4) is 0 Å². The average Bonchev–Trinajstić information content (AvgIpc) is 2.36. The van der Waals surface area contributed by atoms with Crippen LogP contribution in [-0.4, -0.2) is 54.2 Å². The Morgan fingerprint density at radius 1 is 1.55 bits per heavy atom. The van der Waals surface area contributed by atoms with E-state index >= 15 is 0 Å². The fourth-order valence-electron chi connectivity index (χ4n) is 2.20. The Balaban J connectivity index is 2.33. The van der Waals surface area contributed by atoms with Crippen molar-refractivity contribution < 1.29 is 22.7 Å². The topological polar surface area (TPSA) is 79.7 Å². The molecule has 1 aliphatic rings. The summed E-state index contributed by atoms with van der Waals surface area (Å²) in [5.41, 5.74) is -0.723. The van der Waals surface area contributed by atoms with E-state index < -0.39 is 27.5 Å². The Kier molecular flexibility index (Phi) is 4.10. The number of nitrogens with zero attached hydrogens (tertiary/aromatic N) is 2. The Hall–Kier alpha value is -1.09. The van der Waals surface area contributed by atoms with E-state index in [9.17, 15) is 17.9 Å². The predicted octanol–water partition coefficient (Wildman–Crippen LogP) is 0.381. The minimum absolute atomic E-state index is 0.0266. The molecule has 1 aromatic rings. The van der Waals surface area contributed by atoms with Crippen LogP contribution in [0.2, 0.25) is 0 Å². The first-order valence-electron chi connectivity index (χ1n) is 6.14. The van der Waals surface area contributed by atoms with Gasteiger partial charge in [0.05, 0.1) is 24.5 Å². The molecule has 1 atom stereocenters. The Labute approximate surface area is 117 Å². The zero-order valence-electron chi connectivity index (χ0n) is 11.3. The van der Waals surface area contributed by atoms with Gasteiger partial charge in [0.1, 0.15) is 10.7 Å². The molecule has 0 radical (unpaired) electrons. The Morgan fingerprint density at radius 3 is 2.85 bits per heavy atom. The number of halogens is 1. The summed E-state index contributed by atoms with van der Waals surface area (Å²) in [6, 6.07) is 0.929. The molecule has 20 heavy (non-hydrogen) atoms. The largest absolute Gasteiger partial charge is 0.394 e. The Bertz CT molecular complexity index is 591. The standard InChI is InChI=1S/C12H17FN2O4S/c1-12(2)8-15(6-10(7-16)19-12)20(17,18)11-3-9(13)4-14-5-11/h3-5,10,16H,6-8H2,1-2H3. The van der Waals surface area contributed by atoms with Crippen LogP contribution in [0.1, 0.15) is 13.8 Å². The third kappa shape index (κ3) is 3.14. The maximum Gasteiger partial charge on any atom is 0.244 e. The molecule has 0 bridgehead atoms. The maximum atomic E-state index is 13.1. The molecule has 1 aromatic heterocycles. The van der Waals surface area contributed by atoms with E-state index in [0.29, 0.717) is 0 Å². The quantitative estimate of drug-likeness (QED) is 0.873. The van der Waals surface area contributed by atoms with Crippen LogP contribution in [0.15, 0.2) is 23.4 Å². The molecule has 0 aromatic carbocycles. The number of hydrogen-bond donors (Lipinski definition) is 1. The first-order chi connectivity index (χ1) is 9.24. The first kappa shape index (κ1) is 15.3. The third-order valence-electron chi connectivity index (χ3n) is 2.97. The van der Waals surface area contributed by atoms with E-state index in [1.807, 2.05) is 0 Å². The van der Waals surface area contributed by atoms with Crippen LogP contribution in [-0.2, 0) is 14.8 Å². The average molecular weight is 304 g/mol. The molecule has 1 fully saturated rings. The van der Waals surface area contributed by atoms with Gasteiger partial charge in [-0.15, -0.1) is 0 Å². The molecule has 1 saturated heterocycles. The molecule has 1 unspecified atom stereocenters. The van der Waals surface area contributed by atoms with Crippen molar-refractivity contribution in [3.63, 3.8) is 0 Å². The molecule has 0 aliphatic carbocycles. The van der Waals surface area contributed by atoms with Gasteiger partial charge in [-0.1, -0.05) is 0 Å². The van der Waals surface area contributed by atoms with Gasteiger partial charge in [0.25, 0.3) is 0 Å². The minimum atomic E-state index is -3.86. The summed E-state index contributed by atoms with van der Waals surface area (Å²) in [6.07, 6.45) is 1.45. The second kappa shape index (κ2) is 5.36. The number of ether oxygens (including phenoxy) is 1. The summed E-state index contributed by atoms with van der Waals surface area (Å²) >= 11 is 0. The Morgan fingerprint density at radius 2 is 2.25 bits per heavy atom. The monoisotopic (exact) mass is 304 g/mol. The van der Waals surface area contributed by atoms with Crippen molar-refractivity contribution in [1.29, 1.82) is 0 Å². The lowest BCUT2D eigenvalue weighted by atomic mass is 10.1. The zero-order valence-corrected chi connectivity index (χ0v) is 12.1. The third-order valence-corrected chi connectivity index (χ3v) is 4.75. The fourth-order valence-corrected chi connectivity index (χ4v) is 3.80. The molecule has 1 N–H and O–H groups in total. The summed E-state index contributed by atoms with van der Waals surface area (Å²) in [4.78, 5) is 3.36. The maximum absolute atomic E-state index is 13.1. The number of pyridine rings is 1. The minimum Gasteiger partial charge on any atom is -0.394 e. The van der Waals surface area contributed by atoms with Gasteiger partial charge in [-0.3, -0.25) is 4.98 Å². The van der Waals surface area contributed by atoms with E-state index in [1.165, 1.54) is 4.31 Å². The summed E-state index contributed by atoms with van der Waals surface area (Å²) < 4.78 is 44.8. The molecule has 0 saturated carbocycles. The van der Waals surface area contributed by atoms with Crippen molar-refractivity contribution >= 4 is 10.0 Å². The summed E-state index contributed by atoms with van der Waals surface area (Å²) in [6.45, 7) is 3.35. The lowest BCUT2D eigenvalue weighted by molar-refractivity contribution is -0.131. The zero-order chi connectivity index (χ0) is 15.0. The first-order valence-corrected chi connectivity index (χ1v) is 7.58. The SMILES string of the molecule is CC1(C)CN(S(=O)(=O)c2cncc(F)c2)CC(CO)O1. The van der Waals surface area contributed by atoms with Crippen LogP contribution in [0.4, 0.5) is 4.39 Å². The summed E-state index contributed by atoms with van der Waals surface area (Å²) in [7, 11) is -3.86. The molecule has 1 aliphatic heterocycles. The van der Waals surface area contributed by atoms with Gasteiger partial charge < -0.3 is 9.84 Å². The van der Waals surface area contributed by atoms with Gasteiger partial charge >= 0.3 is 0 Å². The van der Waals surface area contributed by atoms with Crippen LogP contribution < -0.4 is 0 Å². The van der Waals surface area contributed by atoms with Crippen molar-refractivity contribution in [3.8, 4) is 0 Å². The number of sulfonamides is 1. The highest BCUT2D eigenvalue weighted by molar-refractivity contribution is 7.89. The van der Waals surface area contributed by atoms with Crippen molar-refractivity contribution in [3.05, 3.63) is 24.3 Å². The highest BCUT2D eigenvalue weighted by Gasteiger charge is 2.39. The molecular weight excluding hydrogens is 287 g/mol. The molecule has 2 heterocycles. The number of morpholine rings is 1. The summed E-state index contributed by atoms with van der Waals surface area (Å²) in [5.74, 6) is -0.711.